The van der Waals surface area contributed by atoms with Crippen molar-refractivity contribution in [2.24, 2.45) is 0 Å². The number of hydrogen-bond acceptors (Lipinski definition) is 4. The lowest BCUT2D eigenvalue weighted by atomic mass is 10.1. The van der Waals surface area contributed by atoms with Crippen LogP contribution in [0.3, 0.4) is 0 Å². The Labute approximate surface area is 162 Å². The minimum absolute atomic E-state index is 0.0365. The van der Waals surface area contributed by atoms with E-state index in [1.165, 1.54) is 11.3 Å². The van der Waals surface area contributed by atoms with Gasteiger partial charge in [0.05, 0.1) is 6.54 Å². The van der Waals surface area contributed by atoms with Gasteiger partial charge in [-0.2, -0.15) is 11.3 Å². The number of carbonyl (C=O) groups is 2. The summed E-state index contributed by atoms with van der Waals surface area (Å²) in [5.74, 6) is -0.246. The summed E-state index contributed by atoms with van der Waals surface area (Å²) in [5.41, 5.74) is 1.71. The van der Waals surface area contributed by atoms with Crippen LogP contribution >= 0.6 is 22.9 Å². The first-order valence-electron chi connectivity index (χ1n) is 8.63. The van der Waals surface area contributed by atoms with E-state index in [0.717, 1.165) is 23.7 Å². The molecule has 26 heavy (non-hydrogen) atoms. The standard InChI is InChI=1S/C19H22ClN3O2S/c1-14(16-4-2-3-5-17(16)20)22-7-9-23(10-8-22)18(24)12-21-19(25)15-6-11-26-13-15/h2-6,11,13-14H,7-10,12H2,1H3,(H,21,25). The highest BCUT2D eigenvalue weighted by Gasteiger charge is 2.25. The van der Waals surface area contributed by atoms with E-state index in [2.05, 4.69) is 17.1 Å². The fraction of sp³-hybridized carbons (Fsp3) is 0.368. The first-order valence-corrected chi connectivity index (χ1v) is 9.95. The molecule has 5 nitrogen and oxygen atoms in total. The second-order valence-corrected chi connectivity index (χ2v) is 7.50. The van der Waals surface area contributed by atoms with Crippen molar-refractivity contribution in [3.8, 4) is 0 Å². The Kier molecular flexibility index (Phi) is 6.29. The summed E-state index contributed by atoms with van der Waals surface area (Å²) in [6.07, 6.45) is 0. The zero-order valence-electron chi connectivity index (χ0n) is 14.7. The Balaban J connectivity index is 1.48. The first kappa shape index (κ1) is 18.9. The van der Waals surface area contributed by atoms with Gasteiger partial charge in [-0.1, -0.05) is 29.8 Å². The Hall–Kier alpha value is -1.89. The zero-order chi connectivity index (χ0) is 18.5. The second-order valence-electron chi connectivity index (χ2n) is 6.31. The van der Waals surface area contributed by atoms with Crippen LogP contribution in [0.5, 0.6) is 0 Å². The summed E-state index contributed by atoms with van der Waals surface area (Å²) < 4.78 is 0. The summed E-state index contributed by atoms with van der Waals surface area (Å²) in [5, 5.41) is 7.08. The molecular formula is C19H22ClN3O2S. The predicted octanol–water partition coefficient (Wildman–Crippen LogP) is 3.04. The molecule has 0 spiro atoms. The maximum absolute atomic E-state index is 12.3. The van der Waals surface area contributed by atoms with Crippen LogP contribution in [-0.4, -0.2) is 54.3 Å². The van der Waals surface area contributed by atoms with E-state index in [1.807, 2.05) is 34.5 Å². The summed E-state index contributed by atoms with van der Waals surface area (Å²) in [6.45, 7) is 5.06. The number of nitrogens with zero attached hydrogens (tertiary/aromatic N) is 2. The van der Waals surface area contributed by atoms with Gasteiger partial charge in [0.15, 0.2) is 0 Å². The van der Waals surface area contributed by atoms with E-state index in [9.17, 15) is 9.59 Å². The first-order chi connectivity index (χ1) is 12.6. The number of hydrogen-bond donors (Lipinski definition) is 1. The molecule has 1 aromatic heterocycles. The highest BCUT2D eigenvalue weighted by atomic mass is 35.5. The Morgan fingerprint density at radius 3 is 2.58 bits per heavy atom. The van der Waals surface area contributed by atoms with Gasteiger partial charge in [0.2, 0.25) is 5.91 Å². The molecule has 0 saturated carbocycles. The molecule has 3 rings (SSSR count). The normalized spacial score (nSPS) is 16.3. The zero-order valence-corrected chi connectivity index (χ0v) is 16.2. The Bertz CT molecular complexity index is 758. The quantitative estimate of drug-likeness (QED) is 0.852. The van der Waals surface area contributed by atoms with Crippen molar-refractivity contribution in [1.29, 1.82) is 0 Å². The fourth-order valence-corrected chi connectivity index (χ4v) is 4.06. The molecule has 2 aromatic rings. The summed E-state index contributed by atoms with van der Waals surface area (Å²) >= 11 is 7.76. The third-order valence-corrected chi connectivity index (χ3v) is 5.78. The molecule has 1 atom stereocenters. The maximum atomic E-state index is 12.3. The van der Waals surface area contributed by atoms with Crippen molar-refractivity contribution in [2.75, 3.05) is 32.7 Å². The summed E-state index contributed by atoms with van der Waals surface area (Å²) in [4.78, 5) is 28.4. The van der Waals surface area contributed by atoms with Crippen molar-refractivity contribution in [1.82, 2.24) is 15.1 Å². The molecule has 1 saturated heterocycles. The number of carbonyl (C=O) groups excluding carboxylic acids is 2. The molecule has 1 unspecified atom stereocenters. The van der Waals surface area contributed by atoms with Crippen LogP contribution in [-0.2, 0) is 4.79 Å². The van der Waals surface area contributed by atoms with Gasteiger partial charge in [-0.25, -0.2) is 0 Å². The molecule has 1 aliphatic rings. The topological polar surface area (TPSA) is 52.6 Å². The summed E-state index contributed by atoms with van der Waals surface area (Å²) in [6, 6.07) is 9.83. The van der Waals surface area contributed by atoms with E-state index < -0.39 is 0 Å². The molecule has 138 valence electrons. The van der Waals surface area contributed by atoms with Crippen LogP contribution in [0.25, 0.3) is 0 Å². The summed E-state index contributed by atoms with van der Waals surface area (Å²) in [7, 11) is 0. The number of rotatable bonds is 5. The average molecular weight is 392 g/mol. The number of benzene rings is 1. The molecule has 0 aliphatic carbocycles. The van der Waals surface area contributed by atoms with E-state index in [0.29, 0.717) is 18.7 Å². The molecule has 7 heteroatoms. The lowest BCUT2D eigenvalue weighted by Gasteiger charge is -2.38. The van der Waals surface area contributed by atoms with Crippen molar-refractivity contribution in [3.05, 3.63) is 57.2 Å². The van der Waals surface area contributed by atoms with E-state index in [4.69, 9.17) is 11.6 Å². The van der Waals surface area contributed by atoms with Gasteiger partial charge in [-0.3, -0.25) is 14.5 Å². The molecule has 0 bridgehead atoms. The number of nitrogens with one attached hydrogen (secondary N) is 1. The highest BCUT2D eigenvalue weighted by molar-refractivity contribution is 7.08. The van der Waals surface area contributed by atoms with Crippen LogP contribution in [0.15, 0.2) is 41.1 Å². The van der Waals surface area contributed by atoms with E-state index >= 15 is 0 Å². The molecule has 1 N–H and O–H groups in total. The van der Waals surface area contributed by atoms with Gasteiger partial charge >= 0.3 is 0 Å². The van der Waals surface area contributed by atoms with Crippen LogP contribution in [0.2, 0.25) is 5.02 Å². The largest absolute Gasteiger partial charge is 0.343 e. The minimum Gasteiger partial charge on any atom is -0.343 e. The number of amides is 2. The van der Waals surface area contributed by atoms with E-state index in [-0.39, 0.29) is 24.4 Å². The van der Waals surface area contributed by atoms with Crippen molar-refractivity contribution < 1.29 is 9.59 Å². The minimum atomic E-state index is -0.203. The van der Waals surface area contributed by atoms with Crippen molar-refractivity contribution >= 4 is 34.8 Å². The van der Waals surface area contributed by atoms with E-state index in [1.54, 1.807) is 11.4 Å². The Morgan fingerprint density at radius 1 is 1.19 bits per heavy atom. The molecule has 0 radical (unpaired) electrons. The third-order valence-electron chi connectivity index (χ3n) is 4.75. The van der Waals surface area contributed by atoms with Crippen LogP contribution in [0.1, 0.15) is 28.9 Å². The highest BCUT2D eigenvalue weighted by Crippen LogP contribution is 2.27. The lowest BCUT2D eigenvalue weighted by Crippen LogP contribution is -2.51. The molecule has 1 aliphatic heterocycles. The van der Waals surface area contributed by atoms with Crippen LogP contribution in [0, 0.1) is 0 Å². The lowest BCUT2D eigenvalue weighted by molar-refractivity contribution is -0.132. The predicted molar refractivity (Wildman–Crippen MR) is 105 cm³/mol. The molecule has 2 amide bonds. The van der Waals surface area contributed by atoms with Gasteiger partial charge in [0.1, 0.15) is 0 Å². The van der Waals surface area contributed by atoms with Gasteiger partial charge in [-0.15, -0.1) is 0 Å². The smallest absolute Gasteiger partial charge is 0.252 e. The fourth-order valence-electron chi connectivity index (χ4n) is 3.13. The van der Waals surface area contributed by atoms with Crippen LogP contribution in [0.4, 0.5) is 0 Å². The van der Waals surface area contributed by atoms with Gasteiger partial charge in [-0.05, 0) is 30.0 Å². The second kappa shape index (κ2) is 8.66. The Morgan fingerprint density at radius 2 is 1.92 bits per heavy atom. The van der Waals surface area contributed by atoms with Gasteiger partial charge in [0, 0.05) is 48.2 Å². The maximum Gasteiger partial charge on any atom is 0.252 e. The van der Waals surface area contributed by atoms with Crippen LogP contribution < -0.4 is 5.32 Å². The van der Waals surface area contributed by atoms with Crippen molar-refractivity contribution in [2.45, 2.75) is 13.0 Å². The monoisotopic (exact) mass is 391 g/mol. The van der Waals surface area contributed by atoms with Gasteiger partial charge in [0.25, 0.3) is 5.91 Å². The average Bonchev–Trinajstić information content (AvgIpc) is 3.21. The van der Waals surface area contributed by atoms with Crippen molar-refractivity contribution in [3.63, 3.8) is 0 Å². The number of thiophene rings is 1. The number of piperazine rings is 1. The SMILES string of the molecule is CC(c1ccccc1Cl)N1CCN(C(=O)CNC(=O)c2ccsc2)CC1. The molecule has 1 fully saturated rings. The molecular weight excluding hydrogens is 370 g/mol. The van der Waals surface area contributed by atoms with Gasteiger partial charge < -0.3 is 10.2 Å². The molecule has 1 aromatic carbocycles. The molecule has 2 heterocycles. The third kappa shape index (κ3) is 4.44. The number of halogens is 1.